The van der Waals surface area contributed by atoms with Crippen LogP contribution in [0.1, 0.15) is 53.4 Å². The molecule has 0 aromatic rings. The Morgan fingerprint density at radius 2 is 2.06 bits per heavy atom. The number of rotatable bonds is 2. The van der Waals surface area contributed by atoms with Crippen LogP contribution in [0.25, 0.3) is 0 Å². The van der Waals surface area contributed by atoms with E-state index in [1.54, 1.807) is 6.92 Å². The average molecular weight is 238 g/mol. The molecule has 1 rings (SSSR count). The molecule has 0 radical (unpaired) electrons. The Labute approximate surface area is 103 Å². The third-order valence-corrected chi connectivity index (χ3v) is 2.73. The first-order chi connectivity index (χ1) is 7.78. The molecule has 0 aromatic heterocycles. The van der Waals surface area contributed by atoms with Crippen molar-refractivity contribution in [3.8, 4) is 0 Å². The first-order valence-corrected chi connectivity index (χ1v) is 6.21. The lowest BCUT2D eigenvalue weighted by Gasteiger charge is -2.21. The normalized spacial score (nSPS) is 22.5. The average Bonchev–Trinajstić information content (AvgIpc) is 2.14. The molecule has 1 fully saturated rings. The molecular formula is C14H22O3. The predicted molar refractivity (Wildman–Crippen MR) is 66.6 cm³/mol. The zero-order valence-corrected chi connectivity index (χ0v) is 11.2. The van der Waals surface area contributed by atoms with Gasteiger partial charge >= 0.3 is 5.97 Å². The minimum atomic E-state index is -0.464. The highest BCUT2D eigenvalue weighted by atomic mass is 16.6. The minimum absolute atomic E-state index is 0.212. The number of carbonyl (C=O) groups is 2. The van der Waals surface area contributed by atoms with E-state index in [9.17, 15) is 9.59 Å². The molecule has 0 heterocycles. The van der Waals surface area contributed by atoms with Crippen molar-refractivity contribution in [1.82, 2.24) is 0 Å². The van der Waals surface area contributed by atoms with Crippen molar-refractivity contribution >= 4 is 11.8 Å². The molecule has 1 aliphatic rings. The standard InChI is InChI=1S/C14H22O3/c1-10(13(16)17-14(2,3)4)8-11-6-5-7-12(15)9-11/h8,11H,5-7,9H2,1-4H3. The molecule has 0 amide bonds. The van der Waals surface area contributed by atoms with E-state index in [1.807, 2.05) is 26.8 Å². The Morgan fingerprint density at radius 1 is 1.41 bits per heavy atom. The van der Waals surface area contributed by atoms with Gasteiger partial charge in [-0.25, -0.2) is 4.79 Å². The van der Waals surface area contributed by atoms with Crippen LogP contribution in [0.3, 0.4) is 0 Å². The number of ether oxygens (including phenoxy) is 1. The Bertz CT molecular complexity index is 334. The number of allylic oxidation sites excluding steroid dienone is 1. The number of carbonyl (C=O) groups excluding carboxylic acids is 2. The number of hydrogen-bond acceptors (Lipinski definition) is 3. The largest absolute Gasteiger partial charge is 0.457 e. The summed E-state index contributed by atoms with van der Waals surface area (Å²) in [4.78, 5) is 23.0. The van der Waals surface area contributed by atoms with E-state index in [4.69, 9.17) is 4.74 Å². The highest BCUT2D eigenvalue weighted by Gasteiger charge is 2.21. The fourth-order valence-corrected chi connectivity index (χ4v) is 1.98. The lowest BCUT2D eigenvalue weighted by Crippen LogP contribution is -2.24. The van der Waals surface area contributed by atoms with Crippen LogP contribution in [-0.4, -0.2) is 17.4 Å². The van der Waals surface area contributed by atoms with Crippen LogP contribution >= 0.6 is 0 Å². The van der Waals surface area contributed by atoms with Crippen LogP contribution in [0.4, 0.5) is 0 Å². The summed E-state index contributed by atoms with van der Waals surface area (Å²) in [5, 5.41) is 0. The number of hydrogen-bond donors (Lipinski definition) is 0. The van der Waals surface area contributed by atoms with Crippen LogP contribution < -0.4 is 0 Å². The van der Waals surface area contributed by atoms with Gasteiger partial charge in [0.1, 0.15) is 11.4 Å². The maximum Gasteiger partial charge on any atom is 0.333 e. The molecule has 96 valence electrons. The number of Topliss-reactive ketones (excluding diaryl/α,β-unsaturated/α-hetero) is 1. The molecule has 0 aliphatic heterocycles. The van der Waals surface area contributed by atoms with Crippen molar-refractivity contribution in [2.24, 2.45) is 5.92 Å². The number of ketones is 1. The van der Waals surface area contributed by atoms with E-state index in [-0.39, 0.29) is 11.9 Å². The molecular weight excluding hydrogens is 216 g/mol. The maximum atomic E-state index is 11.7. The second-order valence-corrected chi connectivity index (χ2v) is 5.75. The highest BCUT2D eigenvalue weighted by molar-refractivity contribution is 5.88. The van der Waals surface area contributed by atoms with Crippen LogP contribution in [0.15, 0.2) is 11.6 Å². The van der Waals surface area contributed by atoms with Gasteiger partial charge in [0.25, 0.3) is 0 Å². The summed E-state index contributed by atoms with van der Waals surface area (Å²) < 4.78 is 5.28. The third kappa shape index (κ3) is 5.16. The van der Waals surface area contributed by atoms with Crippen molar-refractivity contribution in [2.45, 2.75) is 59.0 Å². The SMILES string of the molecule is CC(=CC1CCCC(=O)C1)C(=O)OC(C)(C)C. The van der Waals surface area contributed by atoms with Crippen molar-refractivity contribution < 1.29 is 14.3 Å². The molecule has 0 aromatic carbocycles. The molecule has 1 aliphatic carbocycles. The lowest BCUT2D eigenvalue weighted by atomic mass is 9.87. The molecule has 1 atom stereocenters. The van der Waals surface area contributed by atoms with Gasteiger partial charge in [-0.3, -0.25) is 4.79 Å². The van der Waals surface area contributed by atoms with Gasteiger partial charge < -0.3 is 4.74 Å². The molecule has 0 spiro atoms. The van der Waals surface area contributed by atoms with Gasteiger partial charge in [-0.05, 0) is 46.5 Å². The monoisotopic (exact) mass is 238 g/mol. The summed E-state index contributed by atoms with van der Waals surface area (Å²) in [7, 11) is 0. The highest BCUT2D eigenvalue weighted by Crippen LogP contribution is 2.24. The van der Waals surface area contributed by atoms with E-state index < -0.39 is 5.60 Å². The van der Waals surface area contributed by atoms with Crippen molar-refractivity contribution in [3.63, 3.8) is 0 Å². The molecule has 0 bridgehead atoms. The van der Waals surface area contributed by atoms with Gasteiger partial charge in [0.2, 0.25) is 0 Å². The molecule has 0 N–H and O–H groups in total. The maximum absolute atomic E-state index is 11.7. The summed E-state index contributed by atoms with van der Waals surface area (Å²) in [6, 6.07) is 0. The summed E-state index contributed by atoms with van der Waals surface area (Å²) in [5.74, 6) is 0.230. The number of esters is 1. The second kappa shape index (κ2) is 5.48. The van der Waals surface area contributed by atoms with Crippen molar-refractivity contribution in [3.05, 3.63) is 11.6 Å². The molecule has 3 nitrogen and oxygen atoms in total. The van der Waals surface area contributed by atoms with Gasteiger partial charge in [0.15, 0.2) is 0 Å². The first kappa shape index (κ1) is 13.9. The van der Waals surface area contributed by atoms with Crippen LogP contribution in [0.5, 0.6) is 0 Å². The zero-order valence-electron chi connectivity index (χ0n) is 11.2. The molecule has 1 unspecified atom stereocenters. The zero-order chi connectivity index (χ0) is 13.1. The summed E-state index contributed by atoms with van der Waals surface area (Å²) in [5.41, 5.74) is 0.147. The van der Waals surface area contributed by atoms with Gasteiger partial charge in [-0.15, -0.1) is 0 Å². The quantitative estimate of drug-likeness (QED) is 0.548. The van der Waals surface area contributed by atoms with Crippen LogP contribution in [0.2, 0.25) is 0 Å². The topological polar surface area (TPSA) is 43.4 Å². The molecule has 3 heteroatoms. The van der Waals surface area contributed by atoms with Gasteiger partial charge in [-0.1, -0.05) is 6.08 Å². The molecule has 17 heavy (non-hydrogen) atoms. The van der Waals surface area contributed by atoms with Crippen LogP contribution in [0, 0.1) is 5.92 Å². The first-order valence-electron chi connectivity index (χ1n) is 6.21. The minimum Gasteiger partial charge on any atom is -0.457 e. The lowest BCUT2D eigenvalue weighted by molar-refractivity contribution is -0.149. The summed E-state index contributed by atoms with van der Waals surface area (Å²) >= 11 is 0. The Morgan fingerprint density at radius 3 is 2.59 bits per heavy atom. The van der Waals surface area contributed by atoms with E-state index in [1.165, 1.54) is 0 Å². The Kier molecular flexibility index (Phi) is 4.49. The van der Waals surface area contributed by atoms with Gasteiger partial charge in [0.05, 0.1) is 0 Å². The predicted octanol–water partition coefficient (Wildman–Crippen LogP) is 3.03. The fourth-order valence-electron chi connectivity index (χ4n) is 1.98. The fraction of sp³-hybridized carbons (Fsp3) is 0.714. The van der Waals surface area contributed by atoms with Crippen molar-refractivity contribution in [2.75, 3.05) is 0 Å². The summed E-state index contributed by atoms with van der Waals surface area (Å²) in [6.45, 7) is 7.31. The van der Waals surface area contributed by atoms with E-state index in [2.05, 4.69) is 0 Å². The van der Waals surface area contributed by atoms with Crippen molar-refractivity contribution in [1.29, 1.82) is 0 Å². The van der Waals surface area contributed by atoms with E-state index >= 15 is 0 Å². The van der Waals surface area contributed by atoms with Gasteiger partial charge in [-0.2, -0.15) is 0 Å². The molecule has 0 saturated heterocycles. The van der Waals surface area contributed by atoms with Gasteiger partial charge in [0, 0.05) is 18.4 Å². The van der Waals surface area contributed by atoms with E-state index in [0.29, 0.717) is 24.2 Å². The second-order valence-electron chi connectivity index (χ2n) is 5.75. The summed E-state index contributed by atoms with van der Waals surface area (Å²) in [6.07, 6.45) is 5.08. The van der Waals surface area contributed by atoms with E-state index in [0.717, 1.165) is 12.8 Å². The van der Waals surface area contributed by atoms with Crippen LogP contribution in [-0.2, 0) is 14.3 Å². The molecule has 1 saturated carbocycles. The smallest absolute Gasteiger partial charge is 0.333 e. The third-order valence-electron chi connectivity index (χ3n) is 2.73. The Hall–Kier alpha value is -1.12. The Balaban J connectivity index is 2.59.